The molecule has 1 aromatic rings. The van der Waals surface area contributed by atoms with Gasteiger partial charge < -0.3 is 0 Å². The molecule has 0 fully saturated rings. The van der Waals surface area contributed by atoms with E-state index in [1.54, 1.807) is 6.07 Å². The monoisotopic (exact) mass is 450 g/mol. The Labute approximate surface area is 133 Å². The molecule has 0 saturated carbocycles. The van der Waals surface area contributed by atoms with Gasteiger partial charge >= 0.3 is 134 Å². The Hall–Kier alpha value is -0.671. The Balaban J connectivity index is 2.26. The molecule has 1 aliphatic heterocycles. The van der Waals surface area contributed by atoms with Crippen LogP contribution in [0.2, 0.25) is 5.32 Å². The number of nitrogens with zero attached hydrogens (tertiary/aromatic N) is 2. The van der Waals surface area contributed by atoms with Gasteiger partial charge in [0.25, 0.3) is 0 Å². The van der Waals surface area contributed by atoms with Crippen LogP contribution in [0.25, 0.3) is 0 Å². The zero-order chi connectivity index (χ0) is 14.0. The molecule has 0 spiro atoms. The van der Waals surface area contributed by atoms with E-state index < -0.39 is 11.7 Å². The Morgan fingerprint density at radius 1 is 1.32 bits per heavy atom. The van der Waals surface area contributed by atoms with E-state index in [-0.39, 0.29) is 15.0 Å². The molecule has 0 N–H and O–H groups in total. The summed E-state index contributed by atoms with van der Waals surface area (Å²) in [4.78, 5) is 27.5. The van der Waals surface area contributed by atoms with Crippen molar-refractivity contribution in [3.8, 4) is 4.97 Å². The summed E-state index contributed by atoms with van der Waals surface area (Å²) in [5.74, 6) is -0.957. The normalized spacial score (nSPS) is 13.6. The Bertz CT molecular complexity index is 598. The molecule has 1 aromatic carbocycles. The maximum absolute atomic E-state index is 12.0. The number of benzene rings is 1. The van der Waals surface area contributed by atoms with Crippen LogP contribution < -0.4 is 4.90 Å². The number of amides is 1. The summed E-state index contributed by atoms with van der Waals surface area (Å²) < 4.78 is 1.48. The van der Waals surface area contributed by atoms with Crippen LogP contribution >= 0.6 is 31.9 Å². The molecule has 0 unspecified atom stereocenters. The summed E-state index contributed by atoms with van der Waals surface area (Å²) >= 11 is 6.65. The number of halogens is 2. The molecule has 0 aromatic heterocycles. The average molecular weight is 451 g/mol. The van der Waals surface area contributed by atoms with E-state index in [4.69, 9.17) is 5.26 Å². The fourth-order valence-corrected chi connectivity index (χ4v) is 4.11. The molecule has 1 heterocycles. The molecule has 19 heavy (non-hydrogen) atoms. The third kappa shape index (κ3) is 2.92. The number of carbonyl (C=O) groups excluding carboxylic acids is 2. The standard InChI is InChI=1S/C12H8Br2N2O2Se/c13-7-4-8-10(9(14)5-7)16(12(18)11(8)17)2-1-3-19-6-15/h4-5H,1-3H2. The quantitative estimate of drug-likeness (QED) is 0.402. The number of Topliss-reactive ketones (excluding diaryl/α,β-unsaturated/α-hetero) is 1. The van der Waals surface area contributed by atoms with Crippen molar-refractivity contribution < 1.29 is 9.59 Å². The first-order valence-corrected chi connectivity index (χ1v) is 9.07. The molecule has 2 rings (SSSR count). The van der Waals surface area contributed by atoms with Crippen molar-refractivity contribution in [2.45, 2.75) is 11.7 Å². The molecule has 1 aliphatic rings. The summed E-state index contributed by atoms with van der Waals surface area (Å²) in [6, 6.07) is 3.48. The number of ketones is 1. The first-order chi connectivity index (χ1) is 9.06. The minimum absolute atomic E-state index is 0.0490. The van der Waals surface area contributed by atoms with Gasteiger partial charge in [0, 0.05) is 0 Å². The van der Waals surface area contributed by atoms with Gasteiger partial charge in [-0.1, -0.05) is 0 Å². The minimum atomic E-state index is -0.488. The van der Waals surface area contributed by atoms with E-state index in [9.17, 15) is 9.59 Å². The van der Waals surface area contributed by atoms with E-state index in [1.165, 1.54) is 4.90 Å². The predicted octanol–water partition coefficient (Wildman–Crippen LogP) is 2.73. The van der Waals surface area contributed by atoms with Crippen molar-refractivity contribution in [2.75, 3.05) is 11.4 Å². The van der Waals surface area contributed by atoms with Gasteiger partial charge in [0.15, 0.2) is 0 Å². The molecule has 0 aliphatic carbocycles. The molecule has 0 saturated heterocycles. The first-order valence-electron chi connectivity index (χ1n) is 5.42. The molecule has 1 amide bonds. The van der Waals surface area contributed by atoms with Crippen LogP contribution in [0.3, 0.4) is 0 Å². The van der Waals surface area contributed by atoms with Crippen LogP contribution in [0.5, 0.6) is 0 Å². The number of rotatable bonds is 4. The van der Waals surface area contributed by atoms with Gasteiger partial charge in [0.05, 0.1) is 0 Å². The van der Waals surface area contributed by atoms with Crippen LogP contribution in [0.1, 0.15) is 16.8 Å². The van der Waals surface area contributed by atoms with E-state index >= 15 is 0 Å². The van der Waals surface area contributed by atoms with Crippen LogP contribution in [0.15, 0.2) is 21.1 Å². The summed E-state index contributed by atoms with van der Waals surface area (Å²) in [5, 5.41) is 9.30. The van der Waals surface area contributed by atoms with Gasteiger partial charge in [0.1, 0.15) is 0 Å². The Morgan fingerprint density at radius 3 is 2.74 bits per heavy atom. The van der Waals surface area contributed by atoms with Gasteiger partial charge in [-0.3, -0.25) is 0 Å². The van der Waals surface area contributed by atoms with E-state index in [0.717, 1.165) is 20.7 Å². The number of nitriles is 1. The van der Waals surface area contributed by atoms with Gasteiger partial charge in [-0.25, -0.2) is 0 Å². The van der Waals surface area contributed by atoms with Crippen LogP contribution in [0.4, 0.5) is 5.69 Å². The van der Waals surface area contributed by atoms with Crippen molar-refractivity contribution >= 4 is 64.2 Å². The molecular formula is C12H8Br2N2O2Se. The third-order valence-electron chi connectivity index (χ3n) is 2.67. The first kappa shape index (κ1) is 14.7. The van der Waals surface area contributed by atoms with Crippen molar-refractivity contribution in [2.24, 2.45) is 0 Å². The average Bonchev–Trinajstić information content (AvgIpc) is 2.60. The maximum atomic E-state index is 12.0. The molecule has 98 valence electrons. The number of hydrogen-bond acceptors (Lipinski definition) is 3. The molecule has 0 bridgehead atoms. The van der Waals surface area contributed by atoms with Crippen LogP contribution in [0, 0.1) is 10.2 Å². The van der Waals surface area contributed by atoms with E-state index in [0.29, 0.717) is 17.8 Å². The second-order valence-corrected chi connectivity index (χ2v) is 7.48. The Kier molecular flexibility index (Phi) is 4.80. The summed E-state index contributed by atoms with van der Waals surface area (Å²) in [6.07, 6.45) is 0.731. The van der Waals surface area contributed by atoms with Gasteiger partial charge in [-0.15, -0.1) is 0 Å². The predicted molar refractivity (Wildman–Crippen MR) is 79.3 cm³/mol. The number of carbonyl (C=O) groups is 2. The second kappa shape index (κ2) is 6.19. The summed E-state index contributed by atoms with van der Waals surface area (Å²) in [6.45, 7) is 0.473. The van der Waals surface area contributed by atoms with Gasteiger partial charge in [0.2, 0.25) is 0 Å². The number of anilines is 1. The van der Waals surface area contributed by atoms with Crippen molar-refractivity contribution in [3.63, 3.8) is 0 Å². The van der Waals surface area contributed by atoms with E-state index in [2.05, 4.69) is 36.8 Å². The van der Waals surface area contributed by atoms with Crippen molar-refractivity contribution in [3.05, 3.63) is 26.6 Å². The van der Waals surface area contributed by atoms with Crippen molar-refractivity contribution in [1.82, 2.24) is 0 Å². The topological polar surface area (TPSA) is 61.2 Å². The van der Waals surface area contributed by atoms with Crippen LogP contribution in [-0.4, -0.2) is 33.2 Å². The summed E-state index contributed by atoms with van der Waals surface area (Å²) in [7, 11) is 0. The van der Waals surface area contributed by atoms with Crippen LogP contribution in [-0.2, 0) is 4.79 Å². The van der Waals surface area contributed by atoms with Gasteiger partial charge in [-0.05, 0) is 0 Å². The fourth-order valence-electron chi connectivity index (χ4n) is 1.91. The molecule has 7 heteroatoms. The Morgan fingerprint density at radius 2 is 2.05 bits per heavy atom. The zero-order valence-electron chi connectivity index (χ0n) is 9.65. The van der Waals surface area contributed by atoms with E-state index in [1.807, 2.05) is 6.07 Å². The summed E-state index contributed by atoms with van der Waals surface area (Å²) in [5.41, 5.74) is 1.07. The number of hydrogen-bond donors (Lipinski definition) is 0. The molecule has 0 radical (unpaired) electrons. The molecule has 0 atom stereocenters. The van der Waals surface area contributed by atoms with Crippen molar-refractivity contribution in [1.29, 1.82) is 5.26 Å². The van der Waals surface area contributed by atoms with Gasteiger partial charge in [-0.2, -0.15) is 0 Å². The molecule has 4 nitrogen and oxygen atoms in total. The zero-order valence-corrected chi connectivity index (χ0v) is 14.5. The second-order valence-electron chi connectivity index (χ2n) is 3.86. The third-order valence-corrected chi connectivity index (χ3v) is 5.04. The fraction of sp³-hybridized carbons (Fsp3) is 0.250. The number of fused-ring (bicyclic) bond motifs is 1. The SMILES string of the molecule is N#C[Se]CCCN1C(=O)C(=O)c2cc(Br)cc(Br)c21. The molecular weight excluding hydrogens is 443 g/mol.